The smallest absolute Gasteiger partial charge is 0.277 e. The quantitative estimate of drug-likeness (QED) is 0.597. The Kier molecular flexibility index (Phi) is 4.53. The molecule has 4 aromatic rings. The van der Waals surface area contributed by atoms with Crippen molar-refractivity contribution in [2.75, 3.05) is 5.32 Å². The van der Waals surface area contributed by atoms with E-state index >= 15 is 0 Å². The number of aryl methyl sites for hydroxylation is 2. The number of fused-ring (bicyclic) bond motifs is 1. The van der Waals surface area contributed by atoms with Gasteiger partial charge < -0.3 is 9.88 Å². The molecule has 140 valence electrons. The summed E-state index contributed by atoms with van der Waals surface area (Å²) >= 11 is 0. The van der Waals surface area contributed by atoms with E-state index in [1.807, 2.05) is 62.4 Å². The van der Waals surface area contributed by atoms with Crippen molar-refractivity contribution in [2.45, 2.75) is 20.4 Å². The maximum atomic E-state index is 12.8. The zero-order valence-electron chi connectivity index (χ0n) is 15.7. The van der Waals surface area contributed by atoms with Crippen LogP contribution in [-0.2, 0) is 11.3 Å². The summed E-state index contributed by atoms with van der Waals surface area (Å²) in [6.07, 6.45) is 3.27. The summed E-state index contributed by atoms with van der Waals surface area (Å²) in [6.45, 7) is 3.94. The Bertz CT molecular complexity index is 1200. The molecule has 1 amide bonds. The van der Waals surface area contributed by atoms with Crippen LogP contribution in [0.2, 0.25) is 0 Å². The molecule has 2 heterocycles. The van der Waals surface area contributed by atoms with E-state index in [1.54, 1.807) is 23.0 Å². The molecule has 0 atom stereocenters. The number of carbonyl (C=O) groups is 1. The minimum Gasteiger partial charge on any atom is -0.325 e. The lowest BCUT2D eigenvalue weighted by Crippen LogP contribution is -2.28. The Morgan fingerprint density at radius 1 is 0.964 bits per heavy atom. The van der Waals surface area contributed by atoms with Gasteiger partial charge in [0.15, 0.2) is 0 Å². The summed E-state index contributed by atoms with van der Waals surface area (Å²) in [7, 11) is 0. The average Bonchev–Trinajstić information content (AvgIpc) is 3.12. The van der Waals surface area contributed by atoms with Gasteiger partial charge in [-0.3, -0.25) is 9.59 Å². The highest BCUT2D eigenvalue weighted by Gasteiger charge is 2.11. The number of benzene rings is 2. The molecule has 2 aromatic carbocycles. The summed E-state index contributed by atoms with van der Waals surface area (Å²) in [5.41, 5.74) is 4.82. The van der Waals surface area contributed by atoms with Crippen LogP contribution in [0.15, 0.2) is 71.8 Å². The number of hydrogen-bond acceptors (Lipinski definition) is 3. The Morgan fingerprint density at radius 2 is 1.61 bits per heavy atom. The minimum absolute atomic E-state index is 0.0613. The van der Waals surface area contributed by atoms with E-state index in [4.69, 9.17) is 0 Å². The van der Waals surface area contributed by atoms with Crippen LogP contribution in [0.1, 0.15) is 11.1 Å². The van der Waals surface area contributed by atoms with E-state index in [2.05, 4.69) is 10.4 Å². The predicted octanol–water partition coefficient (Wildman–Crippen LogP) is 3.42. The molecule has 0 unspecified atom stereocenters. The predicted molar refractivity (Wildman–Crippen MR) is 109 cm³/mol. The van der Waals surface area contributed by atoms with Crippen molar-refractivity contribution in [1.82, 2.24) is 14.2 Å². The van der Waals surface area contributed by atoms with Crippen LogP contribution in [0.25, 0.3) is 16.8 Å². The Labute approximate surface area is 162 Å². The van der Waals surface area contributed by atoms with Crippen LogP contribution in [0, 0.1) is 13.8 Å². The molecule has 0 radical (unpaired) electrons. The molecule has 0 fully saturated rings. The number of carbonyl (C=O) groups excluding carboxylic acids is 1. The van der Waals surface area contributed by atoms with Crippen LogP contribution in [0.3, 0.4) is 0 Å². The van der Waals surface area contributed by atoms with Crippen molar-refractivity contribution in [3.63, 3.8) is 0 Å². The zero-order chi connectivity index (χ0) is 19.7. The number of hydrogen-bond donors (Lipinski definition) is 1. The van der Waals surface area contributed by atoms with E-state index in [9.17, 15) is 9.59 Å². The first-order chi connectivity index (χ1) is 13.5. The lowest BCUT2D eigenvalue weighted by atomic mass is 10.1. The molecule has 6 heteroatoms. The van der Waals surface area contributed by atoms with Crippen molar-refractivity contribution < 1.29 is 4.79 Å². The summed E-state index contributed by atoms with van der Waals surface area (Å²) in [6, 6.07) is 17.2. The molecule has 0 aliphatic carbocycles. The highest BCUT2D eigenvalue weighted by molar-refractivity contribution is 5.90. The summed E-state index contributed by atoms with van der Waals surface area (Å²) in [5, 5.41) is 7.28. The van der Waals surface area contributed by atoms with Gasteiger partial charge in [-0.05, 0) is 32.0 Å². The minimum atomic E-state index is -0.257. The Balaban J connectivity index is 1.59. The number of rotatable bonds is 4. The molecule has 0 saturated heterocycles. The summed E-state index contributed by atoms with van der Waals surface area (Å²) in [5.74, 6) is -0.256. The molecule has 0 spiro atoms. The normalized spacial score (nSPS) is 10.9. The van der Waals surface area contributed by atoms with E-state index in [1.165, 1.54) is 4.57 Å². The van der Waals surface area contributed by atoms with Gasteiger partial charge in [0.1, 0.15) is 12.1 Å². The van der Waals surface area contributed by atoms with Gasteiger partial charge >= 0.3 is 0 Å². The van der Waals surface area contributed by atoms with Crippen molar-refractivity contribution in [3.8, 4) is 11.3 Å². The summed E-state index contributed by atoms with van der Waals surface area (Å²) < 4.78 is 2.94. The number of amides is 1. The van der Waals surface area contributed by atoms with Crippen molar-refractivity contribution >= 4 is 17.1 Å². The molecule has 2 aromatic heterocycles. The third-order valence-electron chi connectivity index (χ3n) is 4.60. The second-order valence-corrected chi connectivity index (χ2v) is 6.87. The number of nitrogens with zero attached hydrogens (tertiary/aromatic N) is 3. The van der Waals surface area contributed by atoms with Crippen LogP contribution < -0.4 is 10.9 Å². The van der Waals surface area contributed by atoms with Gasteiger partial charge in [-0.25, -0.2) is 4.52 Å². The molecule has 0 aliphatic rings. The maximum absolute atomic E-state index is 12.8. The van der Waals surface area contributed by atoms with E-state index in [0.717, 1.165) is 22.4 Å². The fourth-order valence-corrected chi connectivity index (χ4v) is 3.01. The van der Waals surface area contributed by atoms with Gasteiger partial charge in [-0.2, -0.15) is 5.10 Å². The highest BCUT2D eigenvalue weighted by Crippen LogP contribution is 2.19. The van der Waals surface area contributed by atoms with E-state index in [0.29, 0.717) is 11.2 Å². The van der Waals surface area contributed by atoms with Gasteiger partial charge in [0.05, 0.1) is 5.69 Å². The maximum Gasteiger partial charge on any atom is 0.277 e. The zero-order valence-corrected chi connectivity index (χ0v) is 15.7. The van der Waals surface area contributed by atoms with Crippen LogP contribution in [0.4, 0.5) is 5.69 Å². The lowest BCUT2D eigenvalue weighted by molar-refractivity contribution is -0.116. The fraction of sp³-hybridized carbons (Fsp3) is 0.136. The highest BCUT2D eigenvalue weighted by atomic mass is 16.2. The van der Waals surface area contributed by atoms with Gasteiger partial charge in [0, 0.05) is 23.6 Å². The van der Waals surface area contributed by atoms with Gasteiger partial charge in [-0.15, -0.1) is 0 Å². The first-order valence-corrected chi connectivity index (χ1v) is 9.02. The molecule has 1 N–H and O–H groups in total. The molecule has 6 nitrogen and oxygen atoms in total. The molecule has 4 rings (SSSR count). The number of aromatic nitrogens is 3. The van der Waals surface area contributed by atoms with Gasteiger partial charge in [0.25, 0.3) is 5.56 Å². The molecular weight excluding hydrogens is 352 g/mol. The third kappa shape index (κ3) is 3.57. The van der Waals surface area contributed by atoms with Crippen molar-refractivity contribution in [3.05, 3.63) is 88.5 Å². The van der Waals surface area contributed by atoms with Crippen molar-refractivity contribution in [2.24, 2.45) is 0 Å². The first kappa shape index (κ1) is 17.7. The molecule has 0 aliphatic heterocycles. The standard InChI is InChI=1S/C22H20N4O2/c1-15-3-7-17(8-4-15)19-13-20-22(28)25(11-12-26(20)24-19)14-21(27)23-18-9-5-16(2)6-10-18/h3-13H,14H2,1-2H3,(H,23,27). The van der Waals surface area contributed by atoms with E-state index in [-0.39, 0.29) is 18.0 Å². The summed E-state index contributed by atoms with van der Waals surface area (Å²) in [4.78, 5) is 25.1. The SMILES string of the molecule is Cc1ccc(NC(=O)Cn2ccn3nc(-c4ccc(C)cc4)cc3c2=O)cc1. The van der Waals surface area contributed by atoms with Crippen LogP contribution >= 0.6 is 0 Å². The largest absolute Gasteiger partial charge is 0.325 e. The third-order valence-corrected chi connectivity index (χ3v) is 4.60. The fourth-order valence-electron chi connectivity index (χ4n) is 3.01. The van der Waals surface area contributed by atoms with Gasteiger partial charge in [-0.1, -0.05) is 47.5 Å². The second kappa shape index (κ2) is 7.15. The van der Waals surface area contributed by atoms with Gasteiger partial charge in [0.2, 0.25) is 5.91 Å². The first-order valence-electron chi connectivity index (χ1n) is 9.02. The van der Waals surface area contributed by atoms with Crippen LogP contribution in [0.5, 0.6) is 0 Å². The molecule has 0 bridgehead atoms. The Morgan fingerprint density at radius 3 is 2.29 bits per heavy atom. The topological polar surface area (TPSA) is 68.4 Å². The van der Waals surface area contributed by atoms with Crippen molar-refractivity contribution in [1.29, 1.82) is 0 Å². The monoisotopic (exact) mass is 372 g/mol. The molecule has 28 heavy (non-hydrogen) atoms. The van der Waals surface area contributed by atoms with Crippen LogP contribution in [-0.4, -0.2) is 20.1 Å². The number of anilines is 1. The molecular formula is C22H20N4O2. The Hall–Kier alpha value is -3.67. The lowest BCUT2D eigenvalue weighted by Gasteiger charge is -2.08. The molecule has 0 saturated carbocycles. The number of nitrogens with one attached hydrogen (secondary N) is 1. The average molecular weight is 372 g/mol. The van der Waals surface area contributed by atoms with E-state index < -0.39 is 0 Å². The second-order valence-electron chi connectivity index (χ2n) is 6.87.